The van der Waals surface area contributed by atoms with E-state index in [4.69, 9.17) is 5.73 Å². The molecule has 0 fully saturated rings. The standard InChI is InChI=1S/C14H14N4/c1-9-6-11(10-4-3-5-16-7-10)13-12(15)8-18(2)14(13)17-9/h3-8H,15H2,1-2H3. The zero-order chi connectivity index (χ0) is 12.7. The van der Waals surface area contributed by atoms with Crippen LogP contribution in [0, 0.1) is 6.92 Å². The maximum Gasteiger partial charge on any atom is 0.142 e. The fourth-order valence-corrected chi connectivity index (χ4v) is 2.28. The van der Waals surface area contributed by atoms with Crippen LogP contribution in [-0.2, 0) is 7.05 Å². The maximum absolute atomic E-state index is 6.08. The SMILES string of the molecule is Cc1cc(-c2cccnc2)c2c(N)cn(C)c2n1. The van der Waals surface area contributed by atoms with Crippen molar-refractivity contribution in [3.05, 3.63) is 42.5 Å². The zero-order valence-electron chi connectivity index (χ0n) is 10.4. The molecule has 0 amide bonds. The van der Waals surface area contributed by atoms with Gasteiger partial charge < -0.3 is 10.3 Å². The lowest BCUT2D eigenvalue weighted by molar-refractivity contribution is 0.944. The number of fused-ring (bicyclic) bond motifs is 1. The second-order valence-electron chi connectivity index (χ2n) is 4.45. The molecule has 0 aliphatic heterocycles. The largest absolute Gasteiger partial charge is 0.397 e. The minimum Gasteiger partial charge on any atom is -0.397 e. The van der Waals surface area contributed by atoms with Crippen molar-refractivity contribution < 1.29 is 0 Å². The van der Waals surface area contributed by atoms with E-state index in [1.165, 1.54) is 0 Å². The molecule has 0 spiro atoms. The molecule has 90 valence electrons. The van der Waals surface area contributed by atoms with E-state index >= 15 is 0 Å². The molecule has 3 aromatic rings. The summed E-state index contributed by atoms with van der Waals surface area (Å²) in [6, 6.07) is 6.01. The van der Waals surface area contributed by atoms with Gasteiger partial charge in [0.15, 0.2) is 0 Å². The summed E-state index contributed by atoms with van der Waals surface area (Å²) in [5.74, 6) is 0. The van der Waals surface area contributed by atoms with Crippen molar-refractivity contribution in [2.45, 2.75) is 6.92 Å². The van der Waals surface area contributed by atoms with Crippen LogP contribution in [0.1, 0.15) is 5.69 Å². The predicted molar refractivity (Wildman–Crippen MR) is 73.1 cm³/mol. The summed E-state index contributed by atoms with van der Waals surface area (Å²) in [6.45, 7) is 1.99. The van der Waals surface area contributed by atoms with E-state index < -0.39 is 0 Å². The Bertz CT molecular complexity index is 713. The molecular weight excluding hydrogens is 224 g/mol. The van der Waals surface area contributed by atoms with Gasteiger partial charge in [0, 0.05) is 42.3 Å². The van der Waals surface area contributed by atoms with Crippen molar-refractivity contribution in [1.29, 1.82) is 0 Å². The first-order chi connectivity index (χ1) is 8.66. The molecule has 4 nitrogen and oxygen atoms in total. The average molecular weight is 238 g/mol. The van der Waals surface area contributed by atoms with Gasteiger partial charge in [-0.15, -0.1) is 0 Å². The van der Waals surface area contributed by atoms with Gasteiger partial charge in [-0.2, -0.15) is 0 Å². The third-order valence-electron chi connectivity index (χ3n) is 3.06. The molecule has 0 atom stereocenters. The van der Waals surface area contributed by atoms with Crippen molar-refractivity contribution in [3.63, 3.8) is 0 Å². The monoisotopic (exact) mass is 238 g/mol. The molecule has 0 unspecified atom stereocenters. The van der Waals surface area contributed by atoms with Crippen molar-refractivity contribution >= 4 is 16.7 Å². The Morgan fingerprint density at radius 1 is 1.33 bits per heavy atom. The van der Waals surface area contributed by atoms with Crippen molar-refractivity contribution in [2.75, 3.05) is 5.73 Å². The molecule has 0 radical (unpaired) electrons. The molecule has 3 rings (SSSR count). The van der Waals surface area contributed by atoms with E-state index in [9.17, 15) is 0 Å². The first kappa shape index (κ1) is 10.8. The fourth-order valence-electron chi connectivity index (χ4n) is 2.28. The highest BCUT2D eigenvalue weighted by Crippen LogP contribution is 2.32. The molecule has 0 saturated carbocycles. The van der Waals surface area contributed by atoms with Gasteiger partial charge in [0.2, 0.25) is 0 Å². The smallest absolute Gasteiger partial charge is 0.142 e. The Hall–Kier alpha value is -2.36. The van der Waals surface area contributed by atoms with Crippen LogP contribution >= 0.6 is 0 Å². The first-order valence-electron chi connectivity index (χ1n) is 5.79. The number of nitrogen functional groups attached to an aromatic ring is 1. The number of nitrogens with zero attached hydrogens (tertiary/aromatic N) is 3. The Kier molecular flexibility index (Phi) is 2.30. The lowest BCUT2D eigenvalue weighted by atomic mass is 10.0. The van der Waals surface area contributed by atoms with Gasteiger partial charge in [-0.25, -0.2) is 4.98 Å². The zero-order valence-corrected chi connectivity index (χ0v) is 10.4. The molecule has 3 heterocycles. The molecule has 0 aromatic carbocycles. The molecular formula is C14H14N4. The van der Waals surface area contributed by atoms with Crippen LogP contribution in [0.15, 0.2) is 36.8 Å². The summed E-state index contributed by atoms with van der Waals surface area (Å²) in [5.41, 5.74) is 10.9. The van der Waals surface area contributed by atoms with Gasteiger partial charge in [0.1, 0.15) is 5.65 Å². The second-order valence-corrected chi connectivity index (χ2v) is 4.45. The fraction of sp³-hybridized carbons (Fsp3) is 0.143. The average Bonchev–Trinajstić information content (AvgIpc) is 2.65. The Balaban J connectivity index is 2.42. The molecule has 18 heavy (non-hydrogen) atoms. The van der Waals surface area contributed by atoms with Gasteiger partial charge in [-0.1, -0.05) is 6.07 Å². The summed E-state index contributed by atoms with van der Waals surface area (Å²) >= 11 is 0. The van der Waals surface area contributed by atoms with Crippen LogP contribution in [-0.4, -0.2) is 14.5 Å². The molecule has 0 aliphatic rings. The minimum absolute atomic E-state index is 0.749. The number of aryl methyl sites for hydroxylation is 2. The van der Waals surface area contributed by atoms with Crippen molar-refractivity contribution in [1.82, 2.24) is 14.5 Å². The number of rotatable bonds is 1. The van der Waals surface area contributed by atoms with Crippen molar-refractivity contribution in [2.24, 2.45) is 7.05 Å². The summed E-state index contributed by atoms with van der Waals surface area (Å²) in [5, 5.41) is 0.996. The van der Waals surface area contributed by atoms with Crippen LogP contribution in [0.25, 0.3) is 22.2 Å². The highest BCUT2D eigenvalue weighted by Gasteiger charge is 2.12. The first-order valence-corrected chi connectivity index (χ1v) is 5.79. The summed E-state index contributed by atoms with van der Waals surface area (Å²) in [7, 11) is 1.96. The molecule has 0 aliphatic carbocycles. The lowest BCUT2D eigenvalue weighted by Crippen LogP contribution is -1.92. The topological polar surface area (TPSA) is 56.7 Å². The number of aromatic nitrogens is 3. The van der Waals surface area contributed by atoms with Crippen LogP contribution in [0.5, 0.6) is 0 Å². The van der Waals surface area contributed by atoms with E-state index in [2.05, 4.69) is 16.0 Å². The molecule has 0 saturated heterocycles. The van der Waals surface area contributed by atoms with E-state index in [1.807, 2.05) is 43.1 Å². The highest BCUT2D eigenvalue weighted by atomic mass is 15.0. The minimum atomic E-state index is 0.749. The van der Waals surface area contributed by atoms with Crippen LogP contribution in [0.2, 0.25) is 0 Å². The van der Waals surface area contributed by atoms with E-state index in [0.29, 0.717) is 0 Å². The van der Waals surface area contributed by atoms with Gasteiger partial charge >= 0.3 is 0 Å². The quantitative estimate of drug-likeness (QED) is 0.708. The number of pyridine rings is 2. The van der Waals surface area contributed by atoms with E-state index in [-0.39, 0.29) is 0 Å². The number of hydrogen-bond acceptors (Lipinski definition) is 3. The summed E-state index contributed by atoms with van der Waals surface area (Å²) in [4.78, 5) is 8.71. The van der Waals surface area contributed by atoms with Crippen LogP contribution < -0.4 is 5.73 Å². The summed E-state index contributed by atoms with van der Waals surface area (Å²) < 4.78 is 1.96. The van der Waals surface area contributed by atoms with Gasteiger partial charge in [-0.3, -0.25) is 4.98 Å². The van der Waals surface area contributed by atoms with Gasteiger partial charge in [0.05, 0.1) is 5.69 Å². The third kappa shape index (κ3) is 1.54. The molecule has 3 aromatic heterocycles. The maximum atomic E-state index is 6.08. The Morgan fingerprint density at radius 2 is 2.17 bits per heavy atom. The van der Waals surface area contributed by atoms with Crippen LogP contribution in [0.4, 0.5) is 5.69 Å². The highest BCUT2D eigenvalue weighted by molar-refractivity contribution is 6.01. The van der Waals surface area contributed by atoms with Crippen molar-refractivity contribution in [3.8, 4) is 11.1 Å². The van der Waals surface area contributed by atoms with Crippen LogP contribution in [0.3, 0.4) is 0 Å². The number of hydrogen-bond donors (Lipinski definition) is 1. The predicted octanol–water partition coefficient (Wildman–Crippen LogP) is 2.53. The molecule has 2 N–H and O–H groups in total. The molecule has 0 bridgehead atoms. The summed E-state index contributed by atoms with van der Waals surface area (Å²) in [6.07, 6.45) is 5.51. The number of nitrogens with two attached hydrogens (primary N) is 1. The Labute approximate surface area is 105 Å². The van der Waals surface area contributed by atoms with Gasteiger partial charge in [-0.05, 0) is 24.6 Å². The normalized spacial score (nSPS) is 11.0. The number of anilines is 1. The lowest BCUT2D eigenvalue weighted by Gasteiger charge is -2.06. The van der Waals surface area contributed by atoms with E-state index in [1.54, 1.807) is 6.20 Å². The third-order valence-corrected chi connectivity index (χ3v) is 3.06. The molecule has 4 heteroatoms. The van der Waals surface area contributed by atoms with E-state index in [0.717, 1.165) is 33.5 Å². The van der Waals surface area contributed by atoms with Gasteiger partial charge in [0.25, 0.3) is 0 Å². The Morgan fingerprint density at radius 3 is 2.89 bits per heavy atom. The second kappa shape index (κ2) is 3.84.